The molecule has 0 aromatic carbocycles. The number of rotatable bonds is 3. The molecular weight excluding hydrogens is 146 g/mol. The molecule has 0 amide bonds. The van der Waals surface area contributed by atoms with Crippen molar-refractivity contribution >= 4 is 0 Å². The summed E-state index contributed by atoms with van der Waals surface area (Å²) in [6.07, 6.45) is 7.00. The summed E-state index contributed by atoms with van der Waals surface area (Å²) in [5, 5.41) is 3.41. The van der Waals surface area contributed by atoms with Crippen LogP contribution >= 0.6 is 0 Å². The van der Waals surface area contributed by atoms with E-state index in [4.69, 9.17) is 0 Å². The summed E-state index contributed by atoms with van der Waals surface area (Å²) in [5.74, 6) is 1.95. The van der Waals surface area contributed by atoms with E-state index in [1.807, 2.05) is 0 Å². The van der Waals surface area contributed by atoms with Crippen LogP contribution in [0.5, 0.6) is 0 Å². The number of hydrogen-bond donors (Lipinski definition) is 1. The van der Waals surface area contributed by atoms with E-state index in [1.54, 1.807) is 0 Å². The molecule has 0 heterocycles. The smallest absolute Gasteiger partial charge is 0.00669 e. The first-order chi connectivity index (χ1) is 5.77. The fourth-order valence-corrected chi connectivity index (χ4v) is 2.45. The largest absolute Gasteiger partial charge is 0.317 e. The zero-order chi connectivity index (χ0) is 8.97. The normalized spacial score (nSPS) is 36.8. The van der Waals surface area contributed by atoms with E-state index in [0.29, 0.717) is 0 Å². The molecule has 0 bridgehead atoms. The molecule has 3 atom stereocenters. The Hall–Kier alpha value is -0.0400. The van der Waals surface area contributed by atoms with Gasteiger partial charge in [-0.1, -0.05) is 26.7 Å². The van der Waals surface area contributed by atoms with Crippen LogP contribution in [-0.4, -0.2) is 13.1 Å². The zero-order valence-corrected chi connectivity index (χ0v) is 8.77. The van der Waals surface area contributed by atoms with Crippen LogP contribution in [-0.2, 0) is 0 Å². The molecule has 1 N–H and O–H groups in total. The van der Waals surface area contributed by atoms with Crippen LogP contribution in [0, 0.1) is 11.8 Å². The fourth-order valence-electron chi connectivity index (χ4n) is 2.45. The second kappa shape index (κ2) is 4.86. The summed E-state index contributed by atoms with van der Waals surface area (Å²) in [4.78, 5) is 0. The third-order valence-electron chi connectivity index (χ3n) is 3.43. The Kier molecular flexibility index (Phi) is 4.07. The highest BCUT2D eigenvalue weighted by molar-refractivity contribution is 4.80. The first kappa shape index (κ1) is 10.0. The molecule has 72 valence electrons. The summed E-state index contributed by atoms with van der Waals surface area (Å²) < 4.78 is 0. The Bertz CT molecular complexity index is 122. The Morgan fingerprint density at radius 2 is 2.08 bits per heavy atom. The number of hydrogen-bond acceptors (Lipinski definition) is 1. The van der Waals surface area contributed by atoms with Gasteiger partial charge in [0.1, 0.15) is 0 Å². The Labute approximate surface area is 76.9 Å². The second-order valence-electron chi connectivity index (χ2n) is 4.32. The van der Waals surface area contributed by atoms with Crippen LogP contribution in [0.2, 0.25) is 0 Å². The maximum Gasteiger partial charge on any atom is 0.00669 e. The van der Waals surface area contributed by atoms with Gasteiger partial charge >= 0.3 is 0 Å². The molecule has 1 fully saturated rings. The Morgan fingerprint density at radius 3 is 2.67 bits per heavy atom. The summed E-state index contributed by atoms with van der Waals surface area (Å²) in [6.45, 7) is 4.72. The van der Waals surface area contributed by atoms with Crippen LogP contribution in [0.25, 0.3) is 0 Å². The standard InChI is InChI=1S/C11H23N/c1-4-5-10-8-11(12-3)7-6-9(10)2/h9-12H,4-8H2,1-3H3. The number of nitrogens with one attached hydrogen (secondary N) is 1. The van der Waals surface area contributed by atoms with E-state index in [9.17, 15) is 0 Å². The fraction of sp³-hybridized carbons (Fsp3) is 1.00. The minimum atomic E-state index is 0.803. The van der Waals surface area contributed by atoms with Crippen molar-refractivity contribution in [2.45, 2.75) is 52.0 Å². The van der Waals surface area contributed by atoms with Crippen molar-refractivity contribution in [3.63, 3.8) is 0 Å². The van der Waals surface area contributed by atoms with Crippen LogP contribution in [0.1, 0.15) is 46.0 Å². The Balaban J connectivity index is 2.36. The van der Waals surface area contributed by atoms with E-state index in [0.717, 1.165) is 17.9 Å². The van der Waals surface area contributed by atoms with Crippen LogP contribution in [0.15, 0.2) is 0 Å². The van der Waals surface area contributed by atoms with Gasteiger partial charge in [0.05, 0.1) is 0 Å². The molecule has 0 saturated heterocycles. The molecule has 1 nitrogen and oxygen atoms in total. The molecule has 1 aliphatic rings. The van der Waals surface area contributed by atoms with Crippen molar-refractivity contribution in [2.24, 2.45) is 11.8 Å². The van der Waals surface area contributed by atoms with Crippen LogP contribution in [0.4, 0.5) is 0 Å². The van der Waals surface area contributed by atoms with Crippen LogP contribution in [0.3, 0.4) is 0 Å². The average Bonchev–Trinajstić information content (AvgIpc) is 2.09. The molecule has 0 aromatic heterocycles. The molecule has 1 heteroatoms. The van der Waals surface area contributed by atoms with Gasteiger partial charge in [-0.25, -0.2) is 0 Å². The highest BCUT2D eigenvalue weighted by Crippen LogP contribution is 2.32. The van der Waals surface area contributed by atoms with Crippen molar-refractivity contribution in [2.75, 3.05) is 7.05 Å². The first-order valence-corrected chi connectivity index (χ1v) is 5.45. The van der Waals surface area contributed by atoms with E-state index in [-0.39, 0.29) is 0 Å². The van der Waals surface area contributed by atoms with Gasteiger partial charge in [0.15, 0.2) is 0 Å². The van der Waals surface area contributed by atoms with Gasteiger partial charge in [-0.2, -0.15) is 0 Å². The lowest BCUT2D eigenvalue weighted by molar-refractivity contribution is 0.204. The predicted octanol–water partition coefficient (Wildman–Crippen LogP) is 2.81. The van der Waals surface area contributed by atoms with E-state index >= 15 is 0 Å². The minimum Gasteiger partial charge on any atom is -0.317 e. The zero-order valence-electron chi connectivity index (χ0n) is 8.77. The maximum absolute atomic E-state index is 3.41. The van der Waals surface area contributed by atoms with Gasteiger partial charge in [0, 0.05) is 6.04 Å². The molecule has 12 heavy (non-hydrogen) atoms. The lowest BCUT2D eigenvalue weighted by Gasteiger charge is -2.34. The van der Waals surface area contributed by atoms with Crippen molar-refractivity contribution in [3.05, 3.63) is 0 Å². The molecular formula is C11H23N. The SMILES string of the molecule is CCCC1CC(NC)CCC1C. The summed E-state index contributed by atoms with van der Waals surface area (Å²) in [5.41, 5.74) is 0. The maximum atomic E-state index is 3.41. The molecule has 3 unspecified atom stereocenters. The minimum absolute atomic E-state index is 0.803. The van der Waals surface area contributed by atoms with Crippen molar-refractivity contribution in [1.29, 1.82) is 0 Å². The van der Waals surface area contributed by atoms with Crippen molar-refractivity contribution in [1.82, 2.24) is 5.32 Å². The predicted molar refractivity (Wildman–Crippen MR) is 54.3 cm³/mol. The highest BCUT2D eigenvalue weighted by Gasteiger charge is 2.25. The quantitative estimate of drug-likeness (QED) is 0.685. The molecule has 0 spiro atoms. The lowest BCUT2D eigenvalue weighted by atomic mass is 9.76. The molecule has 1 saturated carbocycles. The van der Waals surface area contributed by atoms with Crippen molar-refractivity contribution < 1.29 is 0 Å². The summed E-state index contributed by atoms with van der Waals surface area (Å²) in [7, 11) is 2.10. The third kappa shape index (κ3) is 2.48. The highest BCUT2D eigenvalue weighted by atomic mass is 14.9. The van der Waals surface area contributed by atoms with E-state index in [2.05, 4.69) is 26.2 Å². The second-order valence-corrected chi connectivity index (χ2v) is 4.32. The van der Waals surface area contributed by atoms with Gasteiger partial charge in [-0.15, -0.1) is 0 Å². The van der Waals surface area contributed by atoms with Crippen molar-refractivity contribution in [3.8, 4) is 0 Å². The lowest BCUT2D eigenvalue weighted by Crippen LogP contribution is -2.34. The molecule has 1 rings (SSSR count). The van der Waals surface area contributed by atoms with Gasteiger partial charge in [0.25, 0.3) is 0 Å². The van der Waals surface area contributed by atoms with Gasteiger partial charge in [-0.05, 0) is 38.1 Å². The molecule has 0 radical (unpaired) electrons. The van der Waals surface area contributed by atoms with Crippen LogP contribution < -0.4 is 5.32 Å². The molecule has 0 aliphatic heterocycles. The third-order valence-corrected chi connectivity index (χ3v) is 3.43. The van der Waals surface area contributed by atoms with E-state index < -0.39 is 0 Å². The van der Waals surface area contributed by atoms with E-state index in [1.165, 1.54) is 32.1 Å². The summed E-state index contributed by atoms with van der Waals surface area (Å²) >= 11 is 0. The summed E-state index contributed by atoms with van der Waals surface area (Å²) in [6, 6.07) is 0.803. The van der Waals surface area contributed by atoms with Gasteiger partial charge in [0.2, 0.25) is 0 Å². The monoisotopic (exact) mass is 169 g/mol. The molecule has 1 aliphatic carbocycles. The average molecular weight is 169 g/mol. The molecule has 0 aromatic rings. The topological polar surface area (TPSA) is 12.0 Å². The van der Waals surface area contributed by atoms with Gasteiger partial charge < -0.3 is 5.32 Å². The van der Waals surface area contributed by atoms with Gasteiger partial charge in [-0.3, -0.25) is 0 Å². The first-order valence-electron chi connectivity index (χ1n) is 5.45. The Morgan fingerprint density at radius 1 is 1.33 bits per heavy atom.